The van der Waals surface area contributed by atoms with Crippen molar-refractivity contribution in [3.05, 3.63) is 53.5 Å². The number of para-hydroxylation sites is 1. The fraction of sp³-hybridized carbons (Fsp3) is 0.353. The molecule has 1 atom stereocenters. The van der Waals surface area contributed by atoms with Gasteiger partial charge in [-0.05, 0) is 32.4 Å². The van der Waals surface area contributed by atoms with Gasteiger partial charge in [-0.15, -0.1) is 0 Å². The minimum absolute atomic E-state index is 0.291. The van der Waals surface area contributed by atoms with Crippen LogP contribution in [0.25, 0.3) is 10.9 Å². The molecule has 4 nitrogen and oxygen atoms in total. The molecule has 0 radical (unpaired) electrons. The number of aryl methyl sites for hydroxylation is 1. The van der Waals surface area contributed by atoms with Gasteiger partial charge in [0.15, 0.2) is 0 Å². The largest absolute Gasteiger partial charge is 0.361 e. The molecule has 4 heteroatoms. The van der Waals surface area contributed by atoms with E-state index in [2.05, 4.69) is 66.6 Å². The zero-order chi connectivity index (χ0) is 14.8. The quantitative estimate of drug-likeness (QED) is 0.752. The van der Waals surface area contributed by atoms with Crippen molar-refractivity contribution >= 4 is 10.9 Å². The van der Waals surface area contributed by atoms with Crippen LogP contribution in [-0.2, 0) is 13.1 Å². The number of H-pyrrole nitrogens is 1. The van der Waals surface area contributed by atoms with E-state index in [9.17, 15) is 0 Å². The van der Waals surface area contributed by atoms with Gasteiger partial charge in [-0.25, -0.2) is 0 Å². The highest BCUT2D eigenvalue weighted by Gasteiger charge is 2.13. The van der Waals surface area contributed by atoms with Crippen molar-refractivity contribution in [3.63, 3.8) is 0 Å². The fourth-order valence-electron chi connectivity index (χ4n) is 2.86. The van der Waals surface area contributed by atoms with E-state index in [0.717, 1.165) is 13.1 Å². The molecular formula is C17H22N4. The molecule has 21 heavy (non-hydrogen) atoms. The van der Waals surface area contributed by atoms with E-state index in [0.29, 0.717) is 6.04 Å². The minimum Gasteiger partial charge on any atom is -0.361 e. The molecule has 3 rings (SSSR count). The smallest absolute Gasteiger partial charge is 0.0540 e. The van der Waals surface area contributed by atoms with Crippen LogP contribution in [0.4, 0.5) is 0 Å². The van der Waals surface area contributed by atoms with E-state index >= 15 is 0 Å². The number of fused-ring (bicyclic) bond motifs is 1. The Morgan fingerprint density at radius 1 is 1.33 bits per heavy atom. The lowest BCUT2D eigenvalue weighted by atomic mass is 10.1. The van der Waals surface area contributed by atoms with Crippen LogP contribution in [0.3, 0.4) is 0 Å². The normalized spacial score (nSPS) is 12.9. The molecule has 0 fully saturated rings. The first kappa shape index (κ1) is 13.9. The highest BCUT2D eigenvalue weighted by atomic mass is 15.3. The number of rotatable bonds is 5. The molecule has 110 valence electrons. The zero-order valence-corrected chi connectivity index (χ0v) is 12.9. The van der Waals surface area contributed by atoms with Gasteiger partial charge in [-0.1, -0.05) is 18.2 Å². The summed E-state index contributed by atoms with van der Waals surface area (Å²) in [7, 11) is 0. The number of nitrogens with zero attached hydrogens (tertiary/aromatic N) is 2. The second kappa shape index (κ2) is 5.74. The zero-order valence-electron chi connectivity index (χ0n) is 12.9. The monoisotopic (exact) mass is 282 g/mol. The molecule has 0 saturated heterocycles. The second-order valence-corrected chi connectivity index (χ2v) is 5.46. The third-order valence-corrected chi connectivity index (χ3v) is 4.18. The molecule has 2 aromatic heterocycles. The number of benzene rings is 1. The van der Waals surface area contributed by atoms with Crippen LogP contribution in [0, 0.1) is 6.92 Å². The van der Waals surface area contributed by atoms with E-state index in [-0.39, 0.29) is 0 Å². The standard InChI is InChI=1S/C17H22N4/c1-4-21-13(3)16(11-20-21)12(2)18-9-14-10-19-17-8-6-5-7-15(14)17/h5-8,10-12,18-19H,4,9H2,1-3H3. The highest BCUT2D eigenvalue weighted by molar-refractivity contribution is 5.82. The first-order chi connectivity index (χ1) is 10.2. The Balaban J connectivity index is 1.73. The van der Waals surface area contributed by atoms with Gasteiger partial charge in [0, 0.05) is 47.5 Å². The van der Waals surface area contributed by atoms with Crippen molar-refractivity contribution in [1.82, 2.24) is 20.1 Å². The summed E-state index contributed by atoms with van der Waals surface area (Å²) in [5.41, 5.74) is 5.02. The maximum Gasteiger partial charge on any atom is 0.0540 e. The first-order valence-electron chi connectivity index (χ1n) is 7.51. The summed E-state index contributed by atoms with van der Waals surface area (Å²) in [4.78, 5) is 3.32. The minimum atomic E-state index is 0.291. The topological polar surface area (TPSA) is 45.6 Å². The Hall–Kier alpha value is -2.07. The molecular weight excluding hydrogens is 260 g/mol. The number of nitrogens with one attached hydrogen (secondary N) is 2. The van der Waals surface area contributed by atoms with Gasteiger partial charge in [-0.2, -0.15) is 5.10 Å². The van der Waals surface area contributed by atoms with Gasteiger partial charge in [0.05, 0.1) is 6.20 Å². The lowest BCUT2D eigenvalue weighted by Gasteiger charge is -2.13. The second-order valence-electron chi connectivity index (χ2n) is 5.46. The van der Waals surface area contributed by atoms with Crippen LogP contribution in [0.2, 0.25) is 0 Å². The van der Waals surface area contributed by atoms with E-state index in [1.165, 1.54) is 27.7 Å². The summed E-state index contributed by atoms with van der Waals surface area (Å²) < 4.78 is 2.04. The van der Waals surface area contributed by atoms with Gasteiger partial charge in [0.25, 0.3) is 0 Å². The Bertz CT molecular complexity index is 738. The van der Waals surface area contributed by atoms with Crippen molar-refractivity contribution in [3.8, 4) is 0 Å². The number of aromatic amines is 1. The highest BCUT2D eigenvalue weighted by Crippen LogP contribution is 2.20. The van der Waals surface area contributed by atoms with Gasteiger partial charge in [-0.3, -0.25) is 4.68 Å². The Labute approximate surface area is 125 Å². The molecule has 3 aromatic rings. The molecule has 0 bridgehead atoms. The maximum absolute atomic E-state index is 4.42. The van der Waals surface area contributed by atoms with Crippen LogP contribution in [0.5, 0.6) is 0 Å². The van der Waals surface area contributed by atoms with Crippen molar-refractivity contribution < 1.29 is 0 Å². The van der Waals surface area contributed by atoms with E-state index in [1.54, 1.807) is 0 Å². The van der Waals surface area contributed by atoms with Crippen molar-refractivity contribution in [2.75, 3.05) is 0 Å². The maximum atomic E-state index is 4.42. The van der Waals surface area contributed by atoms with Gasteiger partial charge in [0.2, 0.25) is 0 Å². The summed E-state index contributed by atoms with van der Waals surface area (Å²) in [6.07, 6.45) is 4.07. The van der Waals surface area contributed by atoms with Gasteiger partial charge in [0.1, 0.15) is 0 Å². The molecule has 0 aliphatic rings. The van der Waals surface area contributed by atoms with Crippen molar-refractivity contribution in [2.24, 2.45) is 0 Å². The fourth-order valence-corrected chi connectivity index (χ4v) is 2.86. The molecule has 1 aromatic carbocycles. The molecule has 0 aliphatic heterocycles. The average Bonchev–Trinajstić information content (AvgIpc) is 3.08. The summed E-state index contributed by atoms with van der Waals surface area (Å²) in [5, 5.41) is 9.31. The van der Waals surface area contributed by atoms with Crippen LogP contribution in [-0.4, -0.2) is 14.8 Å². The molecule has 2 heterocycles. The summed E-state index contributed by atoms with van der Waals surface area (Å²) in [6, 6.07) is 8.70. The third-order valence-electron chi connectivity index (χ3n) is 4.18. The summed E-state index contributed by atoms with van der Waals surface area (Å²) in [5.74, 6) is 0. The first-order valence-corrected chi connectivity index (χ1v) is 7.51. The van der Waals surface area contributed by atoms with Crippen LogP contribution in [0.1, 0.15) is 36.7 Å². The predicted octanol–water partition coefficient (Wildman–Crippen LogP) is 3.54. The molecule has 0 spiro atoms. The number of aromatic nitrogens is 3. The molecule has 1 unspecified atom stereocenters. The van der Waals surface area contributed by atoms with Gasteiger partial charge < -0.3 is 10.3 Å². The Morgan fingerprint density at radius 2 is 2.14 bits per heavy atom. The van der Waals surface area contributed by atoms with Crippen LogP contribution in [0.15, 0.2) is 36.7 Å². The van der Waals surface area contributed by atoms with E-state index in [4.69, 9.17) is 0 Å². The summed E-state index contributed by atoms with van der Waals surface area (Å²) in [6.45, 7) is 8.21. The lowest BCUT2D eigenvalue weighted by Crippen LogP contribution is -2.18. The number of hydrogen-bond acceptors (Lipinski definition) is 2. The van der Waals surface area contributed by atoms with Crippen molar-refractivity contribution in [1.29, 1.82) is 0 Å². The molecule has 2 N–H and O–H groups in total. The molecule has 0 saturated carbocycles. The Morgan fingerprint density at radius 3 is 2.90 bits per heavy atom. The third kappa shape index (κ3) is 2.59. The van der Waals surface area contributed by atoms with Crippen LogP contribution < -0.4 is 5.32 Å². The van der Waals surface area contributed by atoms with E-state index in [1.807, 2.05) is 10.9 Å². The van der Waals surface area contributed by atoms with Crippen molar-refractivity contribution in [2.45, 2.75) is 39.9 Å². The molecule has 0 aliphatic carbocycles. The SMILES string of the molecule is CCn1ncc(C(C)NCc2c[nH]c3ccccc23)c1C. The number of hydrogen-bond donors (Lipinski definition) is 2. The Kier molecular flexibility index (Phi) is 3.80. The average molecular weight is 282 g/mol. The van der Waals surface area contributed by atoms with Crippen LogP contribution >= 0.6 is 0 Å². The van der Waals surface area contributed by atoms with Gasteiger partial charge >= 0.3 is 0 Å². The summed E-state index contributed by atoms with van der Waals surface area (Å²) >= 11 is 0. The predicted molar refractivity (Wildman–Crippen MR) is 86.2 cm³/mol. The lowest BCUT2D eigenvalue weighted by molar-refractivity contribution is 0.569. The molecule has 0 amide bonds. The van der Waals surface area contributed by atoms with E-state index < -0.39 is 0 Å².